The molecular weight excluding hydrogens is 386 g/mol. The van der Waals surface area contributed by atoms with Crippen molar-refractivity contribution in [3.05, 3.63) is 53.6 Å². The molecule has 0 saturated heterocycles. The van der Waals surface area contributed by atoms with Gasteiger partial charge in [-0.05, 0) is 29.8 Å². The monoisotopic (exact) mass is 403 g/mol. The molecule has 25 heavy (non-hydrogen) atoms. The van der Waals surface area contributed by atoms with Crippen molar-refractivity contribution < 1.29 is 21.6 Å². The number of hydrogen-bond donors (Lipinski definition) is 1. The normalized spacial score (nSPS) is 18.2. The smallest absolute Gasteiger partial charge is 0.186 e. The molecule has 0 aliphatic carbocycles. The maximum atomic E-state index is 13.0. The van der Waals surface area contributed by atoms with E-state index in [1.165, 1.54) is 31.4 Å². The van der Waals surface area contributed by atoms with Gasteiger partial charge < -0.3 is 10.5 Å². The van der Waals surface area contributed by atoms with E-state index in [1.807, 2.05) is 0 Å². The standard InChI is InChI=1S/C16H17NO5S2.ClH/c1-22-13-7-8-14-16(12(13)9-17)15(10-23(14,18)19)24(20,21)11-5-3-2-4-6-11;/h2-8,15H,9-10,17H2,1H3;1H. The number of benzene rings is 2. The van der Waals surface area contributed by atoms with Gasteiger partial charge in [0.1, 0.15) is 11.0 Å². The van der Waals surface area contributed by atoms with Gasteiger partial charge in [-0.3, -0.25) is 0 Å². The summed E-state index contributed by atoms with van der Waals surface area (Å²) in [5.74, 6) is -0.0960. The zero-order valence-electron chi connectivity index (χ0n) is 13.4. The summed E-state index contributed by atoms with van der Waals surface area (Å²) in [4.78, 5) is 0.108. The molecule has 0 spiro atoms. The van der Waals surface area contributed by atoms with Gasteiger partial charge in [-0.2, -0.15) is 0 Å². The first-order valence-corrected chi connectivity index (χ1v) is 10.4. The summed E-state index contributed by atoms with van der Waals surface area (Å²) in [5, 5.41) is -1.19. The van der Waals surface area contributed by atoms with Crippen LogP contribution in [-0.2, 0) is 26.2 Å². The molecule has 0 fully saturated rings. The largest absolute Gasteiger partial charge is 0.496 e. The van der Waals surface area contributed by atoms with Crippen LogP contribution in [0.15, 0.2) is 52.3 Å². The molecule has 1 aliphatic heterocycles. The topological polar surface area (TPSA) is 104 Å². The lowest BCUT2D eigenvalue weighted by atomic mass is 10.0. The maximum Gasteiger partial charge on any atom is 0.186 e. The van der Waals surface area contributed by atoms with E-state index in [2.05, 4.69) is 0 Å². The van der Waals surface area contributed by atoms with Gasteiger partial charge in [0.2, 0.25) is 0 Å². The first kappa shape index (κ1) is 19.7. The van der Waals surface area contributed by atoms with Crippen molar-refractivity contribution in [3.8, 4) is 5.75 Å². The number of fused-ring (bicyclic) bond motifs is 1. The second-order valence-corrected chi connectivity index (χ2v) is 9.62. The van der Waals surface area contributed by atoms with E-state index < -0.39 is 30.7 Å². The van der Waals surface area contributed by atoms with Crippen LogP contribution in [0.25, 0.3) is 0 Å². The second-order valence-electron chi connectivity index (χ2n) is 5.49. The Morgan fingerprint density at radius 1 is 1.16 bits per heavy atom. The van der Waals surface area contributed by atoms with Gasteiger partial charge in [0.05, 0.1) is 22.7 Å². The zero-order chi connectivity index (χ0) is 17.5. The lowest BCUT2D eigenvalue weighted by molar-refractivity contribution is 0.408. The van der Waals surface area contributed by atoms with Gasteiger partial charge in [-0.25, -0.2) is 16.8 Å². The molecule has 1 aliphatic rings. The van der Waals surface area contributed by atoms with Crippen molar-refractivity contribution in [1.29, 1.82) is 0 Å². The summed E-state index contributed by atoms with van der Waals surface area (Å²) in [6.07, 6.45) is 0. The predicted molar refractivity (Wildman–Crippen MR) is 96.6 cm³/mol. The number of rotatable bonds is 4. The number of ether oxygens (including phenoxy) is 1. The fourth-order valence-corrected chi connectivity index (χ4v) is 7.43. The molecule has 2 N–H and O–H groups in total. The minimum absolute atomic E-state index is 0. The second kappa shape index (κ2) is 6.95. The number of halogens is 1. The molecule has 0 radical (unpaired) electrons. The molecule has 0 amide bonds. The third kappa shape index (κ3) is 3.15. The highest BCUT2D eigenvalue weighted by atomic mass is 35.5. The van der Waals surface area contributed by atoms with Crippen molar-refractivity contribution in [2.75, 3.05) is 12.9 Å². The Hall–Kier alpha value is -1.61. The maximum absolute atomic E-state index is 13.0. The van der Waals surface area contributed by atoms with E-state index in [0.717, 1.165) is 0 Å². The zero-order valence-corrected chi connectivity index (χ0v) is 15.8. The summed E-state index contributed by atoms with van der Waals surface area (Å²) >= 11 is 0. The summed E-state index contributed by atoms with van der Waals surface area (Å²) in [6, 6.07) is 10.7. The first-order valence-electron chi connectivity index (χ1n) is 7.24. The molecule has 9 heteroatoms. The van der Waals surface area contributed by atoms with Crippen LogP contribution in [0.5, 0.6) is 5.75 Å². The highest BCUT2D eigenvalue weighted by molar-refractivity contribution is 7.96. The summed E-state index contributed by atoms with van der Waals surface area (Å²) in [7, 11) is -6.13. The molecule has 1 unspecified atom stereocenters. The van der Waals surface area contributed by atoms with E-state index in [1.54, 1.807) is 18.2 Å². The van der Waals surface area contributed by atoms with Crippen molar-refractivity contribution in [2.45, 2.75) is 21.6 Å². The fraction of sp³-hybridized carbons (Fsp3) is 0.250. The highest BCUT2D eigenvalue weighted by Gasteiger charge is 2.44. The number of methoxy groups -OCH3 is 1. The van der Waals surface area contributed by atoms with Crippen LogP contribution in [-0.4, -0.2) is 29.7 Å². The van der Waals surface area contributed by atoms with E-state index in [0.29, 0.717) is 11.3 Å². The summed E-state index contributed by atoms with van der Waals surface area (Å²) < 4.78 is 56.2. The van der Waals surface area contributed by atoms with Gasteiger partial charge in [-0.1, -0.05) is 18.2 Å². The summed E-state index contributed by atoms with van der Waals surface area (Å²) in [5.41, 5.74) is 6.42. The van der Waals surface area contributed by atoms with Crippen LogP contribution in [0, 0.1) is 0 Å². The third-order valence-electron chi connectivity index (χ3n) is 4.17. The van der Waals surface area contributed by atoms with Gasteiger partial charge >= 0.3 is 0 Å². The average Bonchev–Trinajstić information content (AvgIpc) is 2.87. The molecule has 3 rings (SSSR count). The van der Waals surface area contributed by atoms with E-state index in [-0.39, 0.29) is 34.3 Å². The molecule has 2 aromatic rings. The molecule has 136 valence electrons. The van der Waals surface area contributed by atoms with Crippen LogP contribution in [0.4, 0.5) is 0 Å². The Bertz CT molecular complexity index is 989. The van der Waals surface area contributed by atoms with Gasteiger partial charge in [0.25, 0.3) is 0 Å². The molecule has 2 aromatic carbocycles. The van der Waals surface area contributed by atoms with Crippen molar-refractivity contribution in [2.24, 2.45) is 5.73 Å². The Kier molecular flexibility index (Phi) is 5.48. The number of hydrogen-bond acceptors (Lipinski definition) is 6. The Morgan fingerprint density at radius 3 is 2.36 bits per heavy atom. The van der Waals surface area contributed by atoms with Crippen molar-refractivity contribution >= 4 is 32.1 Å². The van der Waals surface area contributed by atoms with Crippen LogP contribution in [0.1, 0.15) is 16.4 Å². The highest BCUT2D eigenvalue weighted by Crippen LogP contribution is 2.45. The van der Waals surface area contributed by atoms with Gasteiger partial charge in [-0.15, -0.1) is 12.4 Å². The first-order chi connectivity index (χ1) is 11.3. The van der Waals surface area contributed by atoms with Gasteiger partial charge in [0.15, 0.2) is 19.7 Å². The SMILES string of the molecule is COc1ccc2c(c1CN)C(S(=O)(=O)c1ccccc1)CS2(=O)=O.Cl. The average molecular weight is 404 g/mol. The van der Waals surface area contributed by atoms with Crippen molar-refractivity contribution in [1.82, 2.24) is 0 Å². The minimum Gasteiger partial charge on any atom is -0.496 e. The Balaban J connectivity index is 0.00000225. The van der Waals surface area contributed by atoms with Gasteiger partial charge in [0, 0.05) is 12.1 Å². The molecule has 0 bridgehead atoms. The lowest BCUT2D eigenvalue weighted by Gasteiger charge is -2.17. The minimum atomic E-state index is -3.87. The molecule has 1 heterocycles. The van der Waals surface area contributed by atoms with Crippen molar-refractivity contribution in [3.63, 3.8) is 0 Å². The fourth-order valence-electron chi connectivity index (χ4n) is 3.04. The quantitative estimate of drug-likeness (QED) is 0.835. The lowest BCUT2D eigenvalue weighted by Crippen LogP contribution is -2.17. The van der Waals surface area contributed by atoms with Crippen LogP contribution in [0.3, 0.4) is 0 Å². The third-order valence-corrected chi connectivity index (χ3v) is 8.26. The predicted octanol–water partition coefficient (Wildman–Crippen LogP) is 1.88. The molecule has 0 saturated carbocycles. The van der Waals surface area contributed by atoms with Crippen LogP contribution in [0.2, 0.25) is 0 Å². The summed E-state index contributed by atoms with van der Waals surface area (Å²) in [6.45, 7) is -0.0112. The molecule has 1 atom stereocenters. The number of sulfone groups is 2. The molecular formula is C16H18ClNO5S2. The van der Waals surface area contributed by atoms with E-state index in [4.69, 9.17) is 10.5 Å². The Labute approximate surface area is 153 Å². The molecule has 6 nitrogen and oxygen atoms in total. The van der Waals surface area contributed by atoms with E-state index >= 15 is 0 Å². The number of nitrogens with two attached hydrogens (primary N) is 1. The van der Waals surface area contributed by atoms with Crippen LogP contribution >= 0.6 is 12.4 Å². The Morgan fingerprint density at radius 2 is 1.80 bits per heavy atom. The van der Waals surface area contributed by atoms with Crippen LogP contribution < -0.4 is 10.5 Å². The molecule has 0 aromatic heterocycles. The van der Waals surface area contributed by atoms with E-state index in [9.17, 15) is 16.8 Å².